The van der Waals surface area contributed by atoms with E-state index in [2.05, 4.69) is 15.1 Å². The van der Waals surface area contributed by atoms with Gasteiger partial charge in [-0.3, -0.25) is 4.90 Å². The lowest BCUT2D eigenvalue weighted by molar-refractivity contribution is 0.255. The van der Waals surface area contributed by atoms with E-state index in [-0.39, 0.29) is 0 Å². The van der Waals surface area contributed by atoms with Crippen molar-refractivity contribution in [1.82, 2.24) is 9.80 Å². The Kier molecular flexibility index (Phi) is 6.82. The topological polar surface area (TPSA) is 50.1 Å². The molecule has 2 aromatic rings. The maximum atomic E-state index is 6.17. The van der Waals surface area contributed by atoms with Gasteiger partial charge in [-0.25, -0.2) is 0 Å². The van der Waals surface area contributed by atoms with Crippen LogP contribution < -0.4 is 14.8 Å². The molecule has 8 heteroatoms. The summed E-state index contributed by atoms with van der Waals surface area (Å²) >= 11 is 11.8. The number of hydrogen-bond donors (Lipinski definition) is 1. The summed E-state index contributed by atoms with van der Waals surface area (Å²) in [4.78, 5) is 4.56. The Hall–Kier alpha value is -1.96. The smallest absolute Gasteiger partial charge is 0.173 e. The van der Waals surface area contributed by atoms with Gasteiger partial charge in [0, 0.05) is 38.3 Å². The van der Waals surface area contributed by atoms with E-state index in [9.17, 15) is 0 Å². The minimum Gasteiger partial charge on any atom is -0.495 e. The highest BCUT2D eigenvalue weighted by atomic mass is 35.5. The maximum absolute atomic E-state index is 6.17. The molecule has 1 aromatic heterocycles. The van der Waals surface area contributed by atoms with Gasteiger partial charge in [-0.15, -0.1) is 0 Å². The number of thiocarbonyl (C=S) groups is 1. The van der Waals surface area contributed by atoms with Crippen LogP contribution in [-0.4, -0.2) is 55.3 Å². The summed E-state index contributed by atoms with van der Waals surface area (Å²) in [7, 11) is 3.18. The lowest BCUT2D eigenvalue weighted by Crippen LogP contribution is -2.37. The Morgan fingerprint density at radius 3 is 2.70 bits per heavy atom. The normalized spacial score (nSPS) is 15.3. The first-order valence-electron chi connectivity index (χ1n) is 8.83. The lowest BCUT2D eigenvalue weighted by atomic mass is 10.2. The average Bonchev–Trinajstić information content (AvgIpc) is 3.06. The van der Waals surface area contributed by atoms with Crippen molar-refractivity contribution in [3.63, 3.8) is 0 Å². The molecule has 0 amide bonds. The molecule has 0 saturated carbocycles. The second kappa shape index (κ2) is 9.30. The van der Waals surface area contributed by atoms with Gasteiger partial charge in [-0.1, -0.05) is 11.6 Å². The zero-order chi connectivity index (χ0) is 19.2. The van der Waals surface area contributed by atoms with E-state index in [0.29, 0.717) is 21.6 Å². The number of ether oxygens (including phenoxy) is 2. The van der Waals surface area contributed by atoms with Crippen molar-refractivity contribution in [2.45, 2.75) is 13.0 Å². The monoisotopic (exact) mass is 409 g/mol. The van der Waals surface area contributed by atoms with Crippen LogP contribution in [-0.2, 0) is 6.54 Å². The van der Waals surface area contributed by atoms with Crippen molar-refractivity contribution in [1.29, 1.82) is 0 Å². The predicted molar refractivity (Wildman–Crippen MR) is 111 cm³/mol. The van der Waals surface area contributed by atoms with Crippen LogP contribution in [0.4, 0.5) is 5.69 Å². The molecule has 6 nitrogen and oxygen atoms in total. The number of nitrogens with zero attached hydrogens (tertiary/aromatic N) is 2. The van der Waals surface area contributed by atoms with Gasteiger partial charge in [0.2, 0.25) is 0 Å². The van der Waals surface area contributed by atoms with E-state index in [0.717, 1.165) is 50.6 Å². The lowest BCUT2D eigenvalue weighted by Gasteiger charge is -2.25. The fraction of sp³-hybridized carbons (Fsp3) is 0.421. The molecule has 3 rings (SSSR count). The molecular formula is C19H24ClN3O3S. The highest BCUT2D eigenvalue weighted by Crippen LogP contribution is 2.36. The van der Waals surface area contributed by atoms with Crippen LogP contribution in [0, 0.1) is 0 Å². The third-order valence-electron chi connectivity index (χ3n) is 4.55. The van der Waals surface area contributed by atoms with Gasteiger partial charge in [0.15, 0.2) is 5.11 Å². The molecule has 1 N–H and O–H groups in total. The summed E-state index contributed by atoms with van der Waals surface area (Å²) in [6.07, 6.45) is 2.75. The second-order valence-corrected chi connectivity index (χ2v) is 7.11. The van der Waals surface area contributed by atoms with Gasteiger partial charge in [-0.2, -0.15) is 0 Å². The van der Waals surface area contributed by atoms with Gasteiger partial charge in [-0.05, 0) is 30.8 Å². The summed E-state index contributed by atoms with van der Waals surface area (Å²) in [6.45, 7) is 4.50. The molecule has 2 heterocycles. The van der Waals surface area contributed by atoms with Gasteiger partial charge < -0.3 is 24.1 Å². The number of furan rings is 1. The number of hydrogen-bond acceptors (Lipinski definition) is 5. The van der Waals surface area contributed by atoms with E-state index in [1.807, 2.05) is 12.1 Å². The number of halogens is 1. The fourth-order valence-corrected chi connectivity index (χ4v) is 3.63. The van der Waals surface area contributed by atoms with Crippen molar-refractivity contribution < 1.29 is 13.9 Å². The van der Waals surface area contributed by atoms with Crippen LogP contribution in [0.25, 0.3) is 0 Å². The summed E-state index contributed by atoms with van der Waals surface area (Å²) < 4.78 is 16.2. The Balaban J connectivity index is 1.63. The minimum atomic E-state index is 0.495. The van der Waals surface area contributed by atoms with Crippen LogP contribution in [0.3, 0.4) is 0 Å². The van der Waals surface area contributed by atoms with E-state index >= 15 is 0 Å². The maximum Gasteiger partial charge on any atom is 0.173 e. The van der Waals surface area contributed by atoms with Gasteiger partial charge in [0.1, 0.15) is 17.3 Å². The number of nitrogens with one attached hydrogen (secondary N) is 1. The first kappa shape index (κ1) is 19.8. The van der Waals surface area contributed by atoms with E-state index in [1.54, 1.807) is 32.6 Å². The molecule has 27 heavy (non-hydrogen) atoms. The van der Waals surface area contributed by atoms with Crippen LogP contribution in [0.5, 0.6) is 11.5 Å². The molecule has 146 valence electrons. The van der Waals surface area contributed by atoms with Crippen molar-refractivity contribution in [2.24, 2.45) is 0 Å². The molecule has 0 unspecified atom stereocenters. The molecule has 1 saturated heterocycles. The standard InChI is InChI=1S/C19H24ClN3O3S/c1-24-17-12-16(18(25-2)11-15(17)20)21-19(27)23-7-4-6-22(8-9-23)13-14-5-3-10-26-14/h3,5,10-12H,4,6-9,13H2,1-2H3,(H,21,27). The zero-order valence-electron chi connectivity index (χ0n) is 15.5. The molecule has 0 spiro atoms. The predicted octanol–water partition coefficient (Wildman–Crippen LogP) is 3.85. The SMILES string of the molecule is COc1cc(NC(=S)N2CCCN(Cc3ccco3)CC2)c(OC)cc1Cl. The minimum absolute atomic E-state index is 0.495. The summed E-state index contributed by atoms with van der Waals surface area (Å²) in [6, 6.07) is 7.45. The summed E-state index contributed by atoms with van der Waals surface area (Å²) in [5, 5.41) is 4.44. The van der Waals surface area contributed by atoms with Crippen LogP contribution >= 0.6 is 23.8 Å². The van der Waals surface area contributed by atoms with Crippen LogP contribution in [0.1, 0.15) is 12.2 Å². The van der Waals surface area contributed by atoms with E-state index in [4.69, 9.17) is 37.7 Å². The molecule has 1 aromatic carbocycles. The quantitative estimate of drug-likeness (QED) is 0.752. The number of anilines is 1. The van der Waals surface area contributed by atoms with Gasteiger partial charge in [0.05, 0.1) is 37.7 Å². The Morgan fingerprint density at radius 2 is 2.00 bits per heavy atom. The first-order valence-corrected chi connectivity index (χ1v) is 9.61. The summed E-state index contributed by atoms with van der Waals surface area (Å²) in [5.74, 6) is 2.18. The second-order valence-electron chi connectivity index (χ2n) is 6.31. The molecule has 0 aliphatic carbocycles. The van der Waals surface area contributed by atoms with Crippen LogP contribution in [0.2, 0.25) is 5.02 Å². The van der Waals surface area contributed by atoms with Gasteiger partial charge in [0.25, 0.3) is 0 Å². The molecule has 0 radical (unpaired) electrons. The first-order chi connectivity index (χ1) is 13.1. The zero-order valence-corrected chi connectivity index (χ0v) is 17.1. The van der Waals surface area contributed by atoms with Gasteiger partial charge >= 0.3 is 0 Å². The van der Waals surface area contributed by atoms with E-state index < -0.39 is 0 Å². The highest BCUT2D eigenvalue weighted by Gasteiger charge is 2.19. The number of benzene rings is 1. The van der Waals surface area contributed by atoms with Crippen molar-refractivity contribution in [3.05, 3.63) is 41.3 Å². The largest absolute Gasteiger partial charge is 0.495 e. The Bertz CT molecular complexity index is 770. The fourth-order valence-electron chi connectivity index (χ4n) is 3.11. The van der Waals surface area contributed by atoms with Crippen LogP contribution in [0.15, 0.2) is 34.9 Å². The third kappa shape index (κ3) is 5.06. The molecule has 1 aliphatic heterocycles. The molecule has 0 bridgehead atoms. The molecule has 1 aliphatic rings. The average molecular weight is 410 g/mol. The van der Waals surface area contributed by atoms with Crippen molar-refractivity contribution in [3.8, 4) is 11.5 Å². The Labute approximate surface area is 170 Å². The number of rotatable bonds is 5. The summed E-state index contributed by atoms with van der Waals surface area (Å²) in [5.41, 5.74) is 0.737. The molecule has 1 fully saturated rings. The van der Waals surface area contributed by atoms with E-state index in [1.165, 1.54) is 0 Å². The number of methoxy groups -OCH3 is 2. The van der Waals surface area contributed by atoms with Crippen molar-refractivity contribution >= 4 is 34.6 Å². The molecular weight excluding hydrogens is 386 g/mol. The third-order valence-corrected chi connectivity index (χ3v) is 5.21. The highest BCUT2D eigenvalue weighted by molar-refractivity contribution is 7.80. The van der Waals surface area contributed by atoms with Crippen molar-refractivity contribution in [2.75, 3.05) is 45.7 Å². The Morgan fingerprint density at radius 1 is 1.19 bits per heavy atom. The molecule has 0 atom stereocenters.